The zero-order chi connectivity index (χ0) is 12.0. The molecule has 16 heavy (non-hydrogen) atoms. The van der Waals surface area contributed by atoms with Gasteiger partial charge in [0.1, 0.15) is 11.5 Å². The van der Waals surface area contributed by atoms with Gasteiger partial charge in [-0.15, -0.1) is 11.6 Å². The summed E-state index contributed by atoms with van der Waals surface area (Å²) in [6.07, 6.45) is 0. The maximum Gasteiger partial charge on any atom is 0.254 e. The number of carbonyl (C=O) groups excluding carboxylic acids is 1. The van der Waals surface area contributed by atoms with Crippen molar-refractivity contribution in [2.45, 2.75) is 13.8 Å². The number of ether oxygens (including phenoxy) is 1. The van der Waals surface area contributed by atoms with Crippen molar-refractivity contribution >= 4 is 17.5 Å². The van der Waals surface area contributed by atoms with Crippen LogP contribution in [0.4, 0.5) is 0 Å². The lowest BCUT2D eigenvalue weighted by atomic mass is 10.2. The maximum absolute atomic E-state index is 11.7. The molecule has 90 valence electrons. The maximum atomic E-state index is 11.7. The molecule has 1 heterocycles. The van der Waals surface area contributed by atoms with E-state index in [0.29, 0.717) is 37.0 Å². The van der Waals surface area contributed by atoms with Crippen LogP contribution < -0.4 is 5.32 Å². The third kappa shape index (κ3) is 3.87. The first-order chi connectivity index (χ1) is 7.65. The van der Waals surface area contributed by atoms with E-state index in [1.165, 1.54) is 0 Å². The van der Waals surface area contributed by atoms with Gasteiger partial charge in [0.05, 0.1) is 18.8 Å². The minimum atomic E-state index is -0.135. The third-order valence-corrected chi connectivity index (χ3v) is 2.19. The van der Waals surface area contributed by atoms with Crippen molar-refractivity contribution in [1.29, 1.82) is 0 Å². The van der Waals surface area contributed by atoms with E-state index in [9.17, 15) is 4.79 Å². The zero-order valence-electron chi connectivity index (χ0n) is 9.51. The van der Waals surface area contributed by atoms with Crippen LogP contribution in [0.15, 0.2) is 10.5 Å². The molecule has 0 aliphatic heterocycles. The summed E-state index contributed by atoms with van der Waals surface area (Å²) in [6, 6.07) is 1.73. The number of carbonyl (C=O) groups is 1. The molecule has 4 nitrogen and oxygen atoms in total. The highest BCUT2D eigenvalue weighted by Crippen LogP contribution is 2.12. The number of nitrogens with one attached hydrogen (secondary N) is 1. The Morgan fingerprint density at radius 1 is 1.50 bits per heavy atom. The Morgan fingerprint density at radius 3 is 2.81 bits per heavy atom. The zero-order valence-corrected chi connectivity index (χ0v) is 10.3. The SMILES string of the molecule is Cc1cc(C(=O)NCCOCCCl)c(C)o1. The molecule has 0 saturated carbocycles. The van der Waals surface area contributed by atoms with E-state index in [0.717, 1.165) is 5.76 Å². The average Bonchev–Trinajstić information content (AvgIpc) is 2.57. The lowest BCUT2D eigenvalue weighted by Gasteiger charge is -2.04. The largest absolute Gasteiger partial charge is 0.466 e. The van der Waals surface area contributed by atoms with Gasteiger partial charge in [-0.05, 0) is 19.9 Å². The van der Waals surface area contributed by atoms with Crippen LogP contribution in [0.25, 0.3) is 0 Å². The van der Waals surface area contributed by atoms with Gasteiger partial charge >= 0.3 is 0 Å². The smallest absolute Gasteiger partial charge is 0.254 e. The number of hydrogen-bond donors (Lipinski definition) is 1. The molecule has 0 aliphatic rings. The number of hydrogen-bond acceptors (Lipinski definition) is 3. The Bertz CT molecular complexity index is 349. The summed E-state index contributed by atoms with van der Waals surface area (Å²) in [5, 5.41) is 2.74. The molecule has 1 amide bonds. The predicted octanol–water partition coefficient (Wildman–Crippen LogP) is 1.88. The molecular formula is C11H16ClNO3. The van der Waals surface area contributed by atoms with Crippen LogP contribution in [-0.2, 0) is 4.74 Å². The first-order valence-corrected chi connectivity index (χ1v) is 5.67. The topological polar surface area (TPSA) is 51.5 Å². The number of amides is 1. The summed E-state index contributed by atoms with van der Waals surface area (Å²) >= 11 is 5.44. The molecule has 1 N–H and O–H groups in total. The molecule has 5 heteroatoms. The van der Waals surface area contributed by atoms with Crippen LogP contribution in [0.1, 0.15) is 21.9 Å². The van der Waals surface area contributed by atoms with Crippen LogP contribution in [-0.4, -0.2) is 31.5 Å². The molecule has 0 aliphatic carbocycles. The molecule has 0 bridgehead atoms. The normalized spacial score (nSPS) is 10.4. The van der Waals surface area contributed by atoms with Gasteiger partial charge in [0.15, 0.2) is 0 Å². The minimum Gasteiger partial charge on any atom is -0.466 e. The Kier molecular flexibility index (Phi) is 5.35. The summed E-state index contributed by atoms with van der Waals surface area (Å²) in [5.41, 5.74) is 0.579. The average molecular weight is 246 g/mol. The van der Waals surface area contributed by atoms with Crippen molar-refractivity contribution in [3.63, 3.8) is 0 Å². The van der Waals surface area contributed by atoms with Crippen molar-refractivity contribution in [3.05, 3.63) is 23.2 Å². The second-order valence-electron chi connectivity index (χ2n) is 3.38. The number of alkyl halides is 1. The molecule has 0 saturated heterocycles. The monoisotopic (exact) mass is 245 g/mol. The predicted molar refractivity (Wildman–Crippen MR) is 62.1 cm³/mol. The van der Waals surface area contributed by atoms with Crippen LogP contribution in [0.5, 0.6) is 0 Å². The third-order valence-electron chi connectivity index (χ3n) is 2.04. The van der Waals surface area contributed by atoms with Crippen LogP contribution >= 0.6 is 11.6 Å². The molecule has 0 aromatic carbocycles. The first-order valence-electron chi connectivity index (χ1n) is 5.14. The standard InChI is InChI=1S/C11H16ClNO3/c1-8-7-10(9(2)16-8)11(14)13-4-6-15-5-3-12/h7H,3-6H2,1-2H3,(H,13,14). The lowest BCUT2D eigenvalue weighted by molar-refractivity contribution is 0.0922. The van der Waals surface area contributed by atoms with Gasteiger partial charge in [-0.25, -0.2) is 0 Å². The summed E-state index contributed by atoms with van der Waals surface area (Å²) in [4.78, 5) is 11.7. The summed E-state index contributed by atoms with van der Waals surface area (Å²) in [5.74, 6) is 1.70. The van der Waals surface area contributed by atoms with E-state index in [4.69, 9.17) is 20.8 Å². The Labute approximate surface area is 99.9 Å². The van der Waals surface area contributed by atoms with E-state index in [1.54, 1.807) is 13.0 Å². The van der Waals surface area contributed by atoms with Gasteiger partial charge in [0, 0.05) is 12.4 Å². The number of halogens is 1. The Balaban J connectivity index is 2.33. The van der Waals surface area contributed by atoms with Crippen molar-refractivity contribution in [2.24, 2.45) is 0 Å². The molecule has 1 aromatic rings. The lowest BCUT2D eigenvalue weighted by Crippen LogP contribution is -2.27. The summed E-state index contributed by atoms with van der Waals surface area (Å²) in [7, 11) is 0. The fourth-order valence-corrected chi connectivity index (χ4v) is 1.45. The summed E-state index contributed by atoms with van der Waals surface area (Å²) < 4.78 is 10.4. The fourth-order valence-electron chi connectivity index (χ4n) is 1.34. The Hall–Kier alpha value is -1.00. The van der Waals surface area contributed by atoms with Gasteiger partial charge in [-0.3, -0.25) is 4.79 Å². The molecule has 1 aromatic heterocycles. The molecule has 0 fully saturated rings. The van der Waals surface area contributed by atoms with E-state index < -0.39 is 0 Å². The highest BCUT2D eigenvalue weighted by Gasteiger charge is 2.12. The van der Waals surface area contributed by atoms with Crippen LogP contribution in [0.3, 0.4) is 0 Å². The fraction of sp³-hybridized carbons (Fsp3) is 0.545. The number of furan rings is 1. The van der Waals surface area contributed by atoms with Crippen molar-refractivity contribution in [2.75, 3.05) is 25.6 Å². The highest BCUT2D eigenvalue weighted by molar-refractivity contribution is 6.17. The van der Waals surface area contributed by atoms with Crippen molar-refractivity contribution in [3.8, 4) is 0 Å². The van der Waals surface area contributed by atoms with Crippen LogP contribution in [0.2, 0.25) is 0 Å². The molecular weight excluding hydrogens is 230 g/mol. The van der Waals surface area contributed by atoms with Gasteiger partial charge in [-0.2, -0.15) is 0 Å². The van der Waals surface area contributed by atoms with Crippen molar-refractivity contribution < 1.29 is 13.9 Å². The molecule has 0 spiro atoms. The van der Waals surface area contributed by atoms with Crippen molar-refractivity contribution in [1.82, 2.24) is 5.32 Å². The first kappa shape index (κ1) is 13.1. The molecule has 0 radical (unpaired) electrons. The minimum absolute atomic E-state index is 0.135. The van der Waals surface area contributed by atoms with Gasteiger partial charge < -0.3 is 14.5 Å². The second kappa shape index (κ2) is 6.55. The van der Waals surface area contributed by atoms with E-state index in [2.05, 4.69) is 5.32 Å². The van der Waals surface area contributed by atoms with Crippen LogP contribution in [0, 0.1) is 13.8 Å². The number of rotatable bonds is 6. The van der Waals surface area contributed by atoms with E-state index >= 15 is 0 Å². The van der Waals surface area contributed by atoms with Gasteiger partial charge in [0.25, 0.3) is 5.91 Å². The molecule has 0 unspecified atom stereocenters. The van der Waals surface area contributed by atoms with Gasteiger partial charge in [-0.1, -0.05) is 0 Å². The molecule has 0 atom stereocenters. The summed E-state index contributed by atoms with van der Waals surface area (Å²) in [6.45, 7) is 5.02. The van der Waals surface area contributed by atoms with E-state index in [1.807, 2.05) is 6.92 Å². The quantitative estimate of drug-likeness (QED) is 0.615. The number of aryl methyl sites for hydroxylation is 2. The van der Waals surface area contributed by atoms with E-state index in [-0.39, 0.29) is 5.91 Å². The highest BCUT2D eigenvalue weighted by atomic mass is 35.5. The van der Waals surface area contributed by atoms with Gasteiger partial charge in [0.2, 0.25) is 0 Å². The Morgan fingerprint density at radius 2 is 2.25 bits per heavy atom. The molecule has 1 rings (SSSR count). The second-order valence-corrected chi connectivity index (χ2v) is 3.76.